The number of nitrogens with zero attached hydrogens (tertiary/aromatic N) is 3. The molecular formula is C31H25F2N3O5S2. The molecule has 12 heteroatoms. The van der Waals surface area contributed by atoms with E-state index in [2.05, 4.69) is 4.98 Å². The smallest absolute Gasteiger partial charge is 0.249 e. The van der Waals surface area contributed by atoms with Gasteiger partial charge in [0.1, 0.15) is 16.3 Å². The van der Waals surface area contributed by atoms with E-state index in [1.54, 1.807) is 44.2 Å². The fraction of sp³-hybridized carbons (Fsp3) is 0.226. The van der Waals surface area contributed by atoms with Crippen molar-refractivity contribution in [3.63, 3.8) is 0 Å². The van der Waals surface area contributed by atoms with Gasteiger partial charge in [-0.05, 0) is 81.1 Å². The molecule has 0 spiro atoms. The highest BCUT2D eigenvalue weighted by molar-refractivity contribution is 7.93. The van der Waals surface area contributed by atoms with Gasteiger partial charge in [0.15, 0.2) is 31.8 Å². The maximum atomic E-state index is 14.6. The molecule has 2 aromatic carbocycles. The van der Waals surface area contributed by atoms with Gasteiger partial charge < -0.3 is 4.74 Å². The molecule has 0 amide bonds. The summed E-state index contributed by atoms with van der Waals surface area (Å²) in [5.74, 6) is -2.06. The zero-order chi connectivity index (χ0) is 30.8. The average molecular weight is 622 g/mol. The average Bonchev–Trinajstić information content (AvgIpc) is 3.67. The lowest BCUT2D eigenvalue weighted by atomic mass is 9.94. The predicted octanol–water partition coefficient (Wildman–Crippen LogP) is 6.45. The molecule has 0 radical (unpaired) electrons. The van der Waals surface area contributed by atoms with E-state index < -0.39 is 41.0 Å². The largest absolute Gasteiger partial charge is 0.454 e. The van der Waals surface area contributed by atoms with E-state index >= 15 is 0 Å². The summed E-state index contributed by atoms with van der Waals surface area (Å²) < 4.78 is 87.2. The lowest BCUT2D eigenvalue weighted by Gasteiger charge is -2.31. The molecule has 8 nitrogen and oxygen atoms in total. The van der Waals surface area contributed by atoms with Gasteiger partial charge in [0.05, 0.1) is 11.0 Å². The molecule has 1 unspecified atom stereocenters. The number of benzene rings is 2. The van der Waals surface area contributed by atoms with Crippen molar-refractivity contribution in [1.29, 1.82) is 5.26 Å². The number of hydrogen-bond acceptors (Lipinski definition) is 7. The van der Waals surface area contributed by atoms with Crippen LogP contribution in [-0.2, 0) is 19.9 Å². The van der Waals surface area contributed by atoms with Crippen molar-refractivity contribution < 1.29 is 30.4 Å². The van der Waals surface area contributed by atoms with Gasteiger partial charge in [0.2, 0.25) is 10.0 Å². The first-order chi connectivity index (χ1) is 20.3. The minimum absolute atomic E-state index is 0.0255. The highest BCUT2D eigenvalue weighted by Crippen LogP contribution is 2.48. The van der Waals surface area contributed by atoms with Crippen molar-refractivity contribution in [3.8, 4) is 28.7 Å². The van der Waals surface area contributed by atoms with Crippen LogP contribution in [0, 0.1) is 23.0 Å². The van der Waals surface area contributed by atoms with Gasteiger partial charge in [-0.15, -0.1) is 0 Å². The fourth-order valence-corrected chi connectivity index (χ4v) is 8.79. The summed E-state index contributed by atoms with van der Waals surface area (Å²) in [6.45, 7) is 3.40. The van der Waals surface area contributed by atoms with Gasteiger partial charge in [-0.1, -0.05) is 23.8 Å². The third-order valence-electron chi connectivity index (χ3n) is 8.29. The Bertz CT molecular complexity index is 2140. The second kappa shape index (κ2) is 9.86. The standard InChI is InChI=1S/C31H25F2N3O5S2/c1-20-5-3-4-12-30(20,2)43(39,40)36-16-11-24-23(10-15-35-29(24)36)25-18-22(42(37,38)31(19-34)13-14-31)7-9-27(25)41-28-8-6-21(32)17-26(28)33/h3-11,15-18H,12-14H2,1-2H3. The summed E-state index contributed by atoms with van der Waals surface area (Å²) in [5, 5.41) is 9.97. The number of nitriles is 1. The van der Waals surface area contributed by atoms with Gasteiger partial charge >= 0.3 is 0 Å². The molecule has 2 aromatic heterocycles. The van der Waals surface area contributed by atoms with Crippen LogP contribution in [0.5, 0.6) is 11.5 Å². The maximum absolute atomic E-state index is 14.6. The molecule has 2 aliphatic rings. The molecule has 1 fully saturated rings. The van der Waals surface area contributed by atoms with E-state index in [1.165, 1.54) is 30.6 Å². The molecule has 0 bridgehead atoms. The Labute approximate surface area is 247 Å². The monoisotopic (exact) mass is 621 g/mol. The van der Waals surface area contributed by atoms with Crippen molar-refractivity contribution in [1.82, 2.24) is 8.96 Å². The van der Waals surface area contributed by atoms with Crippen LogP contribution in [0.3, 0.4) is 0 Å². The minimum atomic E-state index is -4.08. The number of halogens is 2. The van der Waals surface area contributed by atoms with Gasteiger partial charge in [-0.2, -0.15) is 5.26 Å². The summed E-state index contributed by atoms with van der Waals surface area (Å²) in [4.78, 5) is 4.21. The molecule has 1 atom stereocenters. The van der Waals surface area contributed by atoms with Crippen molar-refractivity contribution in [2.45, 2.75) is 47.5 Å². The van der Waals surface area contributed by atoms with Gasteiger partial charge in [0, 0.05) is 29.4 Å². The van der Waals surface area contributed by atoms with E-state index in [0.29, 0.717) is 22.6 Å². The molecule has 1 saturated carbocycles. The van der Waals surface area contributed by atoms with Crippen LogP contribution in [-0.4, -0.2) is 35.3 Å². The first-order valence-electron chi connectivity index (χ1n) is 13.3. The Balaban J connectivity index is 1.55. The quantitative estimate of drug-likeness (QED) is 0.233. The summed E-state index contributed by atoms with van der Waals surface area (Å²) >= 11 is 0. The highest BCUT2D eigenvalue weighted by atomic mass is 32.2. The van der Waals surface area contributed by atoms with E-state index in [-0.39, 0.29) is 46.9 Å². The topological polar surface area (TPSA) is 119 Å². The lowest BCUT2D eigenvalue weighted by molar-refractivity contribution is 0.438. The Morgan fingerprint density at radius 1 is 1.00 bits per heavy atom. The molecule has 0 saturated heterocycles. The number of rotatable bonds is 7. The summed E-state index contributed by atoms with van der Waals surface area (Å²) in [6.07, 6.45) is 8.78. The van der Waals surface area contributed by atoms with Crippen molar-refractivity contribution in [3.05, 3.63) is 96.4 Å². The van der Waals surface area contributed by atoms with Gasteiger partial charge in [-0.3, -0.25) is 0 Å². The number of ether oxygens (including phenoxy) is 1. The van der Waals surface area contributed by atoms with Gasteiger partial charge in [0.25, 0.3) is 0 Å². The molecular weight excluding hydrogens is 596 g/mol. The number of aromatic nitrogens is 2. The van der Waals surface area contributed by atoms with Gasteiger partial charge in [-0.25, -0.2) is 34.6 Å². The van der Waals surface area contributed by atoms with Crippen molar-refractivity contribution in [2.75, 3.05) is 0 Å². The molecule has 2 aliphatic carbocycles. The van der Waals surface area contributed by atoms with Crippen molar-refractivity contribution >= 4 is 30.9 Å². The number of pyridine rings is 1. The first kappa shape index (κ1) is 28.8. The van der Waals surface area contributed by atoms with Crippen LogP contribution in [0.15, 0.2) is 89.6 Å². The van der Waals surface area contributed by atoms with Crippen LogP contribution < -0.4 is 4.74 Å². The number of fused-ring (bicyclic) bond motifs is 1. The Kier molecular flexibility index (Phi) is 6.59. The van der Waals surface area contributed by atoms with Crippen LogP contribution in [0.2, 0.25) is 0 Å². The maximum Gasteiger partial charge on any atom is 0.249 e. The van der Waals surface area contributed by atoms with E-state index in [9.17, 15) is 30.9 Å². The van der Waals surface area contributed by atoms with Crippen molar-refractivity contribution in [2.24, 2.45) is 0 Å². The lowest BCUT2D eigenvalue weighted by Crippen LogP contribution is -2.40. The molecule has 4 aromatic rings. The van der Waals surface area contributed by atoms with Crippen LogP contribution in [0.1, 0.15) is 33.1 Å². The zero-order valence-electron chi connectivity index (χ0n) is 23.1. The third-order valence-corrected chi connectivity index (χ3v) is 13.1. The summed E-state index contributed by atoms with van der Waals surface area (Å²) in [7, 11) is -8.10. The predicted molar refractivity (Wildman–Crippen MR) is 157 cm³/mol. The van der Waals surface area contributed by atoms with E-state index in [4.69, 9.17) is 4.74 Å². The summed E-state index contributed by atoms with van der Waals surface area (Å²) in [5.41, 5.74) is 1.30. The number of sulfone groups is 1. The molecule has 6 rings (SSSR count). The second-order valence-corrected chi connectivity index (χ2v) is 15.4. The second-order valence-electron chi connectivity index (χ2n) is 10.9. The number of hydrogen-bond donors (Lipinski definition) is 0. The Morgan fingerprint density at radius 3 is 2.42 bits per heavy atom. The van der Waals surface area contributed by atoms with Crippen LogP contribution in [0.4, 0.5) is 8.78 Å². The zero-order valence-corrected chi connectivity index (χ0v) is 24.7. The first-order valence-corrected chi connectivity index (χ1v) is 16.3. The Morgan fingerprint density at radius 2 is 1.74 bits per heavy atom. The molecule has 0 N–H and O–H groups in total. The fourth-order valence-electron chi connectivity index (χ4n) is 5.24. The molecule has 2 heterocycles. The van der Waals surface area contributed by atoms with E-state index in [0.717, 1.165) is 16.1 Å². The van der Waals surface area contributed by atoms with Crippen LogP contribution >= 0.6 is 0 Å². The molecule has 220 valence electrons. The molecule has 43 heavy (non-hydrogen) atoms. The SMILES string of the molecule is CC1=CC=CCC1(C)S(=O)(=O)n1ccc2c(-c3cc(S(=O)(=O)C4(C#N)CC4)ccc3Oc3ccc(F)cc3F)ccnc21. The normalized spacial score (nSPS) is 19.6. The Hall–Kier alpha value is -4.34. The summed E-state index contributed by atoms with van der Waals surface area (Å²) in [6, 6.07) is 11.7. The molecule has 0 aliphatic heterocycles. The minimum Gasteiger partial charge on any atom is -0.454 e. The highest BCUT2D eigenvalue weighted by Gasteiger charge is 2.56. The number of allylic oxidation sites excluding steroid dienone is 3. The third kappa shape index (κ3) is 4.37. The van der Waals surface area contributed by atoms with E-state index in [1.807, 2.05) is 6.07 Å². The van der Waals surface area contributed by atoms with Crippen LogP contribution in [0.25, 0.3) is 22.2 Å².